The van der Waals surface area contributed by atoms with Crippen LogP contribution in [-0.2, 0) is 4.74 Å². The Balaban J connectivity index is 1.56. The van der Waals surface area contributed by atoms with E-state index >= 15 is 0 Å². The van der Waals surface area contributed by atoms with Crippen molar-refractivity contribution in [3.05, 3.63) is 65.3 Å². The molecule has 0 aliphatic carbocycles. The van der Waals surface area contributed by atoms with Gasteiger partial charge in [0.05, 0.1) is 29.0 Å². The van der Waals surface area contributed by atoms with Crippen molar-refractivity contribution in [2.75, 3.05) is 11.5 Å². The topological polar surface area (TPSA) is 84.2 Å². The van der Waals surface area contributed by atoms with Crippen molar-refractivity contribution < 1.29 is 22.8 Å². The Kier molecular flexibility index (Phi) is 4.46. The van der Waals surface area contributed by atoms with E-state index in [9.17, 15) is 13.6 Å². The first-order valence-corrected chi connectivity index (χ1v) is 9.76. The molecule has 0 bridgehead atoms. The van der Waals surface area contributed by atoms with E-state index in [2.05, 4.69) is 15.1 Å². The Morgan fingerprint density at radius 3 is 2.71 bits per heavy atom. The zero-order valence-electron chi connectivity index (χ0n) is 16.8. The summed E-state index contributed by atoms with van der Waals surface area (Å²) in [5, 5.41) is 4.00. The number of carbonyl (C=O) groups is 1. The Bertz CT molecular complexity index is 1290. The third-order valence-corrected chi connectivity index (χ3v) is 5.44. The van der Waals surface area contributed by atoms with Crippen molar-refractivity contribution >= 4 is 22.8 Å². The minimum atomic E-state index is -1.04. The van der Waals surface area contributed by atoms with Crippen molar-refractivity contribution in [1.82, 2.24) is 15.1 Å². The number of hydrogen-bond donors (Lipinski definition) is 1. The second kappa shape index (κ2) is 7.19. The summed E-state index contributed by atoms with van der Waals surface area (Å²) in [4.78, 5) is 21.7. The van der Waals surface area contributed by atoms with E-state index in [1.165, 1.54) is 11.0 Å². The Morgan fingerprint density at radius 1 is 1.13 bits per heavy atom. The molecular formula is C22H18F2N4O3. The van der Waals surface area contributed by atoms with Crippen molar-refractivity contribution in [3.8, 4) is 11.1 Å². The number of nitrogens with zero attached hydrogens (tertiary/aromatic N) is 3. The molecule has 0 saturated carbocycles. The summed E-state index contributed by atoms with van der Waals surface area (Å²) in [6, 6.07) is 8.55. The Labute approximate surface area is 175 Å². The first kappa shape index (κ1) is 19.2. The third kappa shape index (κ3) is 3.22. The summed E-state index contributed by atoms with van der Waals surface area (Å²) in [7, 11) is 0. The Morgan fingerprint density at radius 2 is 1.97 bits per heavy atom. The van der Waals surface area contributed by atoms with Crippen LogP contribution in [0.5, 0.6) is 0 Å². The highest BCUT2D eigenvalue weighted by atomic mass is 19.2. The number of H-pyrrole nitrogens is 1. The molecule has 1 amide bonds. The lowest BCUT2D eigenvalue weighted by Gasteiger charge is -2.33. The van der Waals surface area contributed by atoms with E-state index < -0.39 is 23.8 Å². The van der Waals surface area contributed by atoms with Gasteiger partial charge in [0.2, 0.25) is 0 Å². The van der Waals surface area contributed by atoms with Gasteiger partial charge in [-0.1, -0.05) is 11.2 Å². The summed E-state index contributed by atoms with van der Waals surface area (Å²) >= 11 is 0. The number of cyclic esters (lactones) is 1. The molecule has 1 aliphatic heterocycles. The van der Waals surface area contributed by atoms with E-state index in [4.69, 9.17) is 9.26 Å². The molecule has 3 heterocycles. The quantitative estimate of drug-likeness (QED) is 0.489. The molecule has 5 rings (SSSR count). The number of aromatic amines is 1. The van der Waals surface area contributed by atoms with Crippen LogP contribution >= 0.6 is 0 Å². The molecule has 2 aromatic heterocycles. The number of fused-ring (bicyclic) bond motifs is 1. The number of amides is 1. The highest BCUT2D eigenvalue weighted by molar-refractivity contribution is 5.89. The second-order valence-electron chi connectivity index (χ2n) is 7.44. The molecule has 31 heavy (non-hydrogen) atoms. The number of imidazole rings is 1. The van der Waals surface area contributed by atoms with E-state index in [1.807, 2.05) is 32.0 Å². The molecule has 2 aromatic carbocycles. The maximum absolute atomic E-state index is 13.8. The molecule has 7 nitrogen and oxygen atoms in total. The number of hydrogen-bond acceptors (Lipinski definition) is 5. The van der Waals surface area contributed by atoms with E-state index in [-0.39, 0.29) is 12.3 Å². The molecule has 0 radical (unpaired) electrons. The summed E-state index contributed by atoms with van der Waals surface area (Å²) in [6.07, 6.45) is -0.194. The van der Waals surface area contributed by atoms with Crippen molar-refractivity contribution in [1.29, 1.82) is 0 Å². The van der Waals surface area contributed by atoms with Crippen LogP contribution in [0.2, 0.25) is 0 Å². The van der Waals surface area contributed by atoms with Crippen molar-refractivity contribution in [2.45, 2.75) is 26.3 Å². The smallest absolute Gasteiger partial charge is 0.414 e. The summed E-state index contributed by atoms with van der Waals surface area (Å²) < 4.78 is 37.6. The fraction of sp³-hybridized carbons (Fsp3) is 0.227. The lowest BCUT2D eigenvalue weighted by atomic mass is 10.0. The number of carbonyl (C=O) groups excluding carboxylic acids is 1. The van der Waals surface area contributed by atoms with Crippen LogP contribution in [0.1, 0.15) is 29.7 Å². The van der Waals surface area contributed by atoms with Gasteiger partial charge in [0.15, 0.2) is 11.6 Å². The fourth-order valence-electron chi connectivity index (χ4n) is 4.00. The van der Waals surface area contributed by atoms with Gasteiger partial charge in [-0.2, -0.15) is 0 Å². The van der Waals surface area contributed by atoms with Gasteiger partial charge >= 0.3 is 6.09 Å². The number of halogens is 2. The average Bonchev–Trinajstić information content (AvgIpc) is 3.32. The molecule has 1 atom stereocenters. The summed E-state index contributed by atoms with van der Waals surface area (Å²) in [5.74, 6) is -0.770. The number of rotatable bonds is 3. The molecular weight excluding hydrogens is 406 g/mol. The molecule has 1 aliphatic rings. The molecule has 9 heteroatoms. The van der Waals surface area contributed by atoms with Crippen LogP contribution in [0.25, 0.3) is 22.2 Å². The monoisotopic (exact) mass is 424 g/mol. The first-order chi connectivity index (χ1) is 14.9. The minimum absolute atomic E-state index is 0.199. The highest BCUT2D eigenvalue weighted by Crippen LogP contribution is 2.35. The largest absolute Gasteiger partial charge is 0.449 e. The third-order valence-electron chi connectivity index (χ3n) is 5.44. The van der Waals surface area contributed by atoms with Gasteiger partial charge in [0, 0.05) is 18.1 Å². The first-order valence-electron chi connectivity index (χ1n) is 9.76. The van der Waals surface area contributed by atoms with Crippen LogP contribution in [0.15, 0.2) is 40.9 Å². The number of anilines is 1. The van der Waals surface area contributed by atoms with Crippen molar-refractivity contribution in [2.24, 2.45) is 0 Å². The average molecular weight is 424 g/mol. The normalized spacial score (nSPS) is 16.7. The van der Waals surface area contributed by atoms with Gasteiger partial charge in [-0.15, -0.1) is 0 Å². The maximum atomic E-state index is 13.8. The molecule has 1 saturated heterocycles. The minimum Gasteiger partial charge on any atom is -0.449 e. The maximum Gasteiger partial charge on any atom is 0.414 e. The number of nitrogens with one attached hydrogen (secondary N) is 1. The second-order valence-corrected chi connectivity index (χ2v) is 7.44. The zero-order valence-corrected chi connectivity index (χ0v) is 16.8. The number of aryl methyl sites for hydroxylation is 2. The van der Waals surface area contributed by atoms with Gasteiger partial charge in [-0.25, -0.2) is 18.6 Å². The Hall–Kier alpha value is -3.75. The summed E-state index contributed by atoms with van der Waals surface area (Å²) in [6.45, 7) is 3.93. The van der Waals surface area contributed by atoms with Gasteiger partial charge in [0.1, 0.15) is 17.6 Å². The summed E-state index contributed by atoms with van der Waals surface area (Å²) in [5.41, 5.74) is 4.33. The molecule has 1 N–H and O–H groups in total. The van der Waals surface area contributed by atoms with Crippen LogP contribution in [-0.4, -0.2) is 27.8 Å². The molecule has 158 valence electrons. The van der Waals surface area contributed by atoms with E-state index in [1.54, 1.807) is 0 Å². The fourth-order valence-corrected chi connectivity index (χ4v) is 4.00. The number of benzene rings is 2. The predicted octanol–water partition coefficient (Wildman–Crippen LogP) is 5.20. The molecule has 4 aromatic rings. The molecule has 0 spiro atoms. The van der Waals surface area contributed by atoms with Crippen molar-refractivity contribution in [3.63, 3.8) is 0 Å². The highest BCUT2D eigenvalue weighted by Gasteiger charge is 2.34. The van der Waals surface area contributed by atoms with Crippen LogP contribution in [0.4, 0.5) is 19.3 Å². The van der Waals surface area contributed by atoms with Crippen LogP contribution < -0.4 is 4.90 Å². The lowest BCUT2D eigenvalue weighted by Crippen LogP contribution is -2.41. The zero-order chi connectivity index (χ0) is 21.7. The van der Waals surface area contributed by atoms with Crippen LogP contribution in [0, 0.1) is 25.5 Å². The van der Waals surface area contributed by atoms with Crippen LogP contribution in [0.3, 0.4) is 0 Å². The van der Waals surface area contributed by atoms with Gasteiger partial charge in [-0.3, -0.25) is 4.90 Å². The standard InChI is InChI=1S/C22H18F2N4O3/c1-11-20(12(2)31-27-11)13-3-6-17-18(9-13)26-21(25-17)19-7-8-30-22(29)28(19)14-4-5-15(23)16(24)10-14/h3-6,9-10,19H,7-8H2,1-2H3,(H,25,26)/t19-/m0/s1. The van der Waals surface area contributed by atoms with Gasteiger partial charge in [-0.05, 0) is 43.7 Å². The van der Waals surface area contributed by atoms with Gasteiger partial charge in [0.25, 0.3) is 0 Å². The molecule has 0 unspecified atom stereocenters. The number of aromatic nitrogens is 3. The lowest BCUT2D eigenvalue weighted by molar-refractivity contribution is 0.128. The predicted molar refractivity (Wildman–Crippen MR) is 109 cm³/mol. The number of ether oxygens (including phenoxy) is 1. The molecule has 1 fully saturated rings. The van der Waals surface area contributed by atoms with Gasteiger partial charge < -0.3 is 14.2 Å². The SMILES string of the molecule is Cc1noc(C)c1-c1ccc2nc([C@@H]3CCOC(=O)N3c3ccc(F)c(F)c3)[nH]c2c1. The van der Waals surface area contributed by atoms with E-state index in [0.717, 1.165) is 45.7 Å². The van der Waals surface area contributed by atoms with E-state index in [0.29, 0.717) is 12.2 Å².